The summed E-state index contributed by atoms with van der Waals surface area (Å²) in [6.45, 7) is 9.93. The predicted molar refractivity (Wildman–Crippen MR) is 109 cm³/mol. The van der Waals surface area contributed by atoms with Crippen LogP contribution < -0.4 is 10.6 Å². The van der Waals surface area contributed by atoms with Crippen molar-refractivity contribution in [2.24, 2.45) is 11.3 Å². The Morgan fingerprint density at radius 1 is 0.964 bits per heavy atom. The lowest BCUT2D eigenvalue weighted by Crippen LogP contribution is -2.49. The van der Waals surface area contributed by atoms with Gasteiger partial charge in [-0.05, 0) is 18.9 Å². The smallest absolute Gasteiger partial charge is 0.221 e. The number of carbonyl (C=O) groups excluding carboxylic acids is 4. The molecule has 0 aliphatic heterocycles. The zero-order chi connectivity index (χ0) is 21.5. The van der Waals surface area contributed by atoms with E-state index < -0.39 is 17.5 Å². The highest BCUT2D eigenvalue weighted by atomic mass is 16.2. The van der Waals surface area contributed by atoms with E-state index in [1.54, 1.807) is 34.6 Å². The molecule has 1 rings (SSSR count). The quantitative estimate of drug-likeness (QED) is 0.644. The molecule has 0 aromatic heterocycles. The summed E-state index contributed by atoms with van der Waals surface area (Å²) in [7, 11) is 0. The molecule has 1 aromatic carbocycles. The average molecular weight is 389 g/mol. The minimum atomic E-state index is -0.993. The van der Waals surface area contributed by atoms with Crippen LogP contribution in [0.4, 0.5) is 0 Å². The van der Waals surface area contributed by atoms with Crippen molar-refractivity contribution in [3.8, 4) is 0 Å². The molecule has 0 saturated carbocycles. The monoisotopic (exact) mass is 388 g/mol. The Morgan fingerprint density at radius 3 is 2.04 bits per heavy atom. The van der Waals surface area contributed by atoms with Crippen LogP contribution in [0, 0.1) is 11.3 Å². The summed E-state index contributed by atoms with van der Waals surface area (Å²) in [5, 5.41) is 5.38. The maximum atomic E-state index is 13.1. The van der Waals surface area contributed by atoms with Crippen LogP contribution in [-0.2, 0) is 25.6 Å². The van der Waals surface area contributed by atoms with E-state index in [9.17, 15) is 19.2 Å². The summed E-state index contributed by atoms with van der Waals surface area (Å²) in [6.07, 6.45) is 0.291. The van der Waals surface area contributed by atoms with Gasteiger partial charge in [0.2, 0.25) is 11.8 Å². The van der Waals surface area contributed by atoms with Gasteiger partial charge in [0.25, 0.3) is 0 Å². The summed E-state index contributed by atoms with van der Waals surface area (Å²) >= 11 is 0. The Balaban J connectivity index is 2.86. The third-order valence-electron chi connectivity index (χ3n) is 4.62. The van der Waals surface area contributed by atoms with Gasteiger partial charge in [-0.15, -0.1) is 0 Å². The highest BCUT2D eigenvalue weighted by molar-refractivity contribution is 5.96. The second-order valence-electron chi connectivity index (χ2n) is 8.21. The van der Waals surface area contributed by atoms with E-state index in [-0.39, 0.29) is 35.7 Å². The van der Waals surface area contributed by atoms with Crippen molar-refractivity contribution < 1.29 is 19.2 Å². The lowest BCUT2D eigenvalue weighted by Gasteiger charge is -2.29. The van der Waals surface area contributed by atoms with Crippen molar-refractivity contribution >= 4 is 23.4 Å². The number of benzene rings is 1. The first-order valence-corrected chi connectivity index (χ1v) is 9.62. The van der Waals surface area contributed by atoms with Crippen molar-refractivity contribution in [2.45, 2.75) is 66.5 Å². The van der Waals surface area contributed by atoms with Crippen molar-refractivity contribution in [1.29, 1.82) is 0 Å². The molecular formula is C22H32N2O4. The largest absolute Gasteiger partial charge is 0.347 e. The molecule has 2 N–H and O–H groups in total. The predicted octanol–water partition coefficient (Wildman–Crippen LogP) is 2.45. The number of hydrogen-bond acceptors (Lipinski definition) is 4. The molecule has 2 unspecified atom stereocenters. The van der Waals surface area contributed by atoms with Crippen LogP contribution in [0.1, 0.15) is 53.5 Å². The highest BCUT2D eigenvalue weighted by Crippen LogP contribution is 2.25. The molecule has 0 heterocycles. The van der Waals surface area contributed by atoms with Crippen LogP contribution in [0.2, 0.25) is 0 Å². The average Bonchev–Trinajstić information content (AvgIpc) is 2.59. The number of Topliss-reactive ketones (excluding diaryl/α,β-unsaturated/α-hetero) is 2. The number of ketones is 2. The maximum absolute atomic E-state index is 13.1. The van der Waals surface area contributed by atoms with E-state index in [0.717, 1.165) is 5.56 Å². The SMILES string of the molecule is CC(=O)NC(Cc1ccccc1)C(=O)C(C)(C)CC(=O)NC(C)C(=O)C(C)C. The molecule has 0 aliphatic rings. The summed E-state index contributed by atoms with van der Waals surface area (Å²) < 4.78 is 0. The number of amides is 2. The summed E-state index contributed by atoms with van der Waals surface area (Å²) in [5.74, 6) is -1.12. The van der Waals surface area contributed by atoms with E-state index in [4.69, 9.17) is 0 Å². The molecule has 28 heavy (non-hydrogen) atoms. The molecular weight excluding hydrogens is 356 g/mol. The van der Waals surface area contributed by atoms with Gasteiger partial charge in [-0.1, -0.05) is 58.0 Å². The molecule has 0 bridgehead atoms. The molecule has 2 atom stereocenters. The van der Waals surface area contributed by atoms with Crippen LogP contribution >= 0.6 is 0 Å². The summed E-state index contributed by atoms with van der Waals surface area (Å²) in [4.78, 5) is 49.1. The Labute approximate surface area is 167 Å². The minimum Gasteiger partial charge on any atom is -0.347 e. The molecule has 0 radical (unpaired) electrons. The molecule has 154 valence electrons. The van der Waals surface area contributed by atoms with E-state index in [2.05, 4.69) is 10.6 Å². The Kier molecular flexibility index (Phi) is 8.54. The van der Waals surface area contributed by atoms with Gasteiger partial charge in [-0.3, -0.25) is 19.2 Å². The third kappa shape index (κ3) is 7.25. The van der Waals surface area contributed by atoms with Crippen LogP contribution in [0.15, 0.2) is 30.3 Å². The fraction of sp³-hybridized carbons (Fsp3) is 0.545. The van der Waals surface area contributed by atoms with Gasteiger partial charge in [-0.2, -0.15) is 0 Å². The first-order chi connectivity index (χ1) is 12.9. The van der Waals surface area contributed by atoms with Crippen molar-refractivity contribution in [3.63, 3.8) is 0 Å². The van der Waals surface area contributed by atoms with Gasteiger partial charge in [0.1, 0.15) is 0 Å². The van der Waals surface area contributed by atoms with Crippen molar-refractivity contribution in [1.82, 2.24) is 10.6 Å². The topological polar surface area (TPSA) is 92.3 Å². The third-order valence-corrected chi connectivity index (χ3v) is 4.62. The number of nitrogens with one attached hydrogen (secondary N) is 2. The van der Waals surface area contributed by atoms with Gasteiger partial charge in [0, 0.05) is 24.7 Å². The first kappa shape index (κ1) is 23.5. The van der Waals surface area contributed by atoms with Gasteiger partial charge in [-0.25, -0.2) is 0 Å². The maximum Gasteiger partial charge on any atom is 0.221 e. The van der Waals surface area contributed by atoms with Gasteiger partial charge in [0.15, 0.2) is 11.6 Å². The van der Waals surface area contributed by atoms with Crippen molar-refractivity contribution in [3.05, 3.63) is 35.9 Å². The molecule has 0 saturated heterocycles. The normalized spacial score (nSPS) is 13.5. The lowest BCUT2D eigenvalue weighted by molar-refractivity contribution is -0.137. The first-order valence-electron chi connectivity index (χ1n) is 9.62. The molecule has 0 aliphatic carbocycles. The van der Waals surface area contributed by atoms with Crippen LogP contribution in [0.25, 0.3) is 0 Å². The Bertz CT molecular complexity index is 711. The van der Waals surface area contributed by atoms with Gasteiger partial charge < -0.3 is 10.6 Å². The molecule has 1 aromatic rings. The zero-order valence-electron chi connectivity index (χ0n) is 17.7. The Morgan fingerprint density at radius 2 is 1.54 bits per heavy atom. The summed E-state index contributed by atoms with van der Waals surface area (Å²) in [6, 6.07) is 8.08. The Hall–Kier alpha value is -2.50. The molecule has 2 amide bonds. The standard InChI is InChI=1S/C22H32N2O4/c1-14(2)20(27)15(3)23-19(26)13-22(5,6)21(28)18(24-16(4)25)12-17-10-8-7-9-11-17/h7-11,14-15,18H,12-13H2,1-6H3,(H,23,26)(H,24,25). The number of hydrogen-bond donors (Lipinski definition) is 2. The van der Waals surface area contributed by atoms with Gasteiger partial charge >= 0.3 is 0 Å². The fourth-order valence-corrected chi connectivity index (χ4v) is 3.13. The van der Waals surface area contributed by atoms with Crippen molar-refractivity contribution in [2.75, 3.05) is 0 Å². The summed E-state index contributed by atoms with van der Waals surface area (Å²) in [5.41, 5.74) is -0.0712. The van der Waals surface area contributed by atoms with Crippen LogP contribution in [0.3, 0.4) is 0 Å². The highest BCUT2D eigenvalue weighted by Gasteiger charge is 2.36. The number of rotatable bonds is 10. The van der Waals surface area contributed by atoms with Crippen LogP contribution in [0.5, 0.6) is 0 Å². The second-order valence-corrected chi connectivity index (χ2v) is 8.21. The second kappa shape index (κ2) is 10.2. The molecule has 6 heteroatoms. The molecule has 0 spiro atoms. The minimum absolute atomic E-state index is 0.0577. The van der Waals surface area contributed by atoms with E-state index in [1.165, 1.54) is 6.92 Å². The number of carbonyl (C=O) groups is 4. The molecule has 0 fully saturated rings. The zero-order valence-corrected chi connectivity index (χ0v) is 17.7. The van der Waals surface area contributed by atoms with Crippen LogP contribution in [-0.4, -0.2) is 35.5 Å². The molecule has 6 nitrogen and oxygen atoms in total. The fourth-order valence-electron chi connectivity index (χ4n) is 3.13. The van der Waals surface area contributed by atoms with Gasteiger partial charge in [0.05, 0.1) is 12.1 Å². The van der Waals surface area contributed by atoms with E-state index in [1.807, 2.05) is 30.3 Å². The lowest BCUT2D eigenvalue weighted by atomic mass is 9.79. The van der Waals surface area contributed by atoms with E-state index >= 15 is 0 Å². The van der Waals surface area contributed by atoms with E-state index in [0.29, 0.717) is 6.42 Å².